The molecule has 1 aromatic rings. The molecule has 8 nitrogen and oxygen atoms in total. The summed E-state index contributed by atoms with van der Waals surface area (Å²) in [6.07, 6.45) is 3.21. The molecular weight excluding hydrogens is 338 g/mol. The molecule has 3 rings (SSSR count). The van der Waals surface area contributed by atoms with Gasteiger partial charge in [0, 0.05) is 25.1 Å². The van der Waals surface area contributed by atoms with Crippen LogP contribution in [0.1, 0.15) is 52.8 Å². The van der Waals surface area contributed by atoms with Crippen LogP contribution in [0.2, 0.25) is 0 Å². The third-order valence-corrected chi connectivity index (χ3v) is 4.52. The van der Waals surface area contributed by atoms with Gasteiger partial charge in [-0.2, -0.15) is 0 Å². The number of fused-ring (bicyclic) bond motifs is 1. The summed E-state index contributed by atoms with van der Waals surface area (Å²) in [5.41, 5.74) is 1.20. The van der Waals surface area contributed by atoms with Crippen molar-refractivity contribution in [2.24, 2.45) is 0 Å². The minimum atomic E-state index is -0.958. The number of aldehydes is 1. The molecule has 0 aromatic heterocycles. The fourth-order valence-electron chi connectivity index (χ4n) is 3.17. The molecule has 1 atom stereocenters. The van der Waals surface area contributed by atoms with Crippen LogP contribution in [0.4, 0.5) is 5.69 Å². The van der Waals surface area contributed by atoms with Crippen LogP contribution in [0.15, 0.2) is 18.2 Å². The first kappa shape index (κ1) is 17.8. The number of rotatable bonds is 7. The van der Waals surface area contributed by atoms with Gasteiger partial charge < -0.3 is 10.1 Å². The molecule has 1 unspecified atom stereocenters. The topological polar surface area (TPSA) is 113 Å². The van der Waals surface area contributed by atoms with Crippen LogP contribution in [0.5, 0.6) is 0 Å². The number of nitrogens with one attached hydrogen (secondary N) is 2. The summed E-state index contributed by atoms with van der Waals surface area (Å²) < 4.78 is 0. The maximum absolute atomic E-state index is 12.7. The number of amides is 4. The van der Waals surface area contributed by atoms with Crippen LogP contribution in [0, 0.1) is 0 Å². The summed E-state index contributed by atoms with van der Waals surface area (Å²) in [6, 6.07) is 3.91. The lowest BCUT2D eigenvalue weighted by atomic mass is 10.0. The van der Waals surface area contributed by atoms with Gasteiger partial charge >= 0.3 is 0 Å². The fourth-order valence-corrected chi connectivity index (χ4v) is 3.17. The highest BCUT2D eigenvalue weighted by atomic mass is 16.2. The first-order chi connectivity index (χ1) is 12.5. The van der Waals surface area contributed by atoms with Gasteiger partial charge in [-0.1, -0.05) is 0 Å². The number of hydrogen-bond acceptors (Lipinski definition) is 6. The highest BCUT2D eigenvalue weighted by molar-refractivity contribution is 6.23. The molecule has 1 aromatic carbocycles. The second-order valence-corrected chi connectivity index (χ2v) is 6.30. The quantitative estimate of drug-likeness (QED) is 0.425. The molecule has 2 aliphatic rings. The van der Waals surface area contributed by atoms with E-state index in [-0.39, 0.29) is 24.0 Å². The Hall–Kier alpha value is -3.03. The zero-order valence-electron chi connectivity index (χ0n) is 14.1. The molecule has 2 N–H and O–H groups in total. The van der Waals surface area contributed by atoms with E-state index in [0.29, 0.717) is 18.7 Å². The monoisotopic (exact) mass is 357 g/mol. The average Bonchev–Trinajstić information content (AvgIpc) is 2.86. The molecule has 136 valence electrons. The van der Waals surface area contributed by atoms with E-state index in [1.165, 1.54) is 0 Å². The Kier molecular flexibility index (Phi) is 5.11. The van der Waals surface area contributed by atoms with Gasteiger partial charge in [0.2, 0.25) is 11.8 Å². The van der Waals surface area contributed by atoms with Gasteiger partial charge in [0.15, 0.2) is 0 Å². The summed E-state index contributed by atoms with van der Waals surface area (Å²) in [7, 11) is 0. The van der Waals surface area contributed by atoms with Crippen LogP contribution in [-0.4, -0.2) is 47.4 Å². The van der Waals surface area contributed by atoms with Crippen molar-refractivity contribution >= 4 is 35.6 Å². The highest BCUT2D eigenvalue weighted by Gasteiger charge is 2.44. The Labute approximate surface area is 149 Å². The van der Waals surface area contributed by atoms with Gasteiger partial charge in [0.25, 0.3) is 11.8 Å². The molecular formula is C18H19N3O5. The number of nitrogens with zero attached hydrogens (tertiary/aromatic N) is 1. The van der Waals surface area contributed by atoms with E-state index < -0.39 is 29.7 Å². The maximum atomic E-state index is 12.7. The first-order valence-corrected chi connectivity index (χ1v) is 8.56. The Morgan fingerprint density at radius 3 is 2.62 bits per heavy atom. The Morgan fingerprint density at radius 1 is 1.12 bits per heavy atom. The predicted octanol–water partition coefficient (Wildman–Crippen LogP) is 0.869. The van der Waals surface area contributed by atoms with Crippen molar-refractivity contribution in [1.29, 1.82) is 0 Å². The lowest BCUT2D eigenvalue weighted by Crippen LogP contribution is -2.54. The summed E-state index contributed by atoms with van der Waals surface area (Å²) in [6.45, 7) is 0.644. The Morgan fingerprint density at radius 2 is 1.88 bits per heavy atom. The largest absolute Gasteiger partial charge is 0.385 e. The van der Waals surface area contributed by atoms with Gasteiger partial charge in [-0.15, -0.1) is 0 Å². The molecule has 1 saturated heterocycles. The molecule has 0 aliphatic carbocycles. The average molecular weight is 357 g/mol. The van der Waals surface area contributed by atoms with E-state index >= 15 is 0 Å². The Bertz CT molecular complexity index is 789. The van der Waals surface area contributed by atoms with Crippen LogP contribution in [0.25, 0.3) is 0 Å². The zero-order chi connectivity index (χ0) is 18.7. The number of hydrogen-bond donors (Lipinski definition) is 2. The third-order valence-electron chi connectivity index (χ3n) is 4.52. The number of benzene rings is 1. The lowest BCUT2D eigenvalue weighted by molar-refractivity contribution is -0.136. The zero-order valence-corrected chi connectivity index (χ0v) is 14.1. The van der Waals surface area contributed by atoms with Crippen molar-refractivity contribution in [3.8, 4) is 0 Å². The normalized spacial score (nSPS) is 19.4. The number of carbonyl (C=O) groups excluding carboxylic acids is 5. The molecule has 2 aliphatic heterocycles. The predicted molar refractivity (Wildman–Crippen MR) is 91.5 cm³/mol. The number of anilines is 1. The molecule has 0 radical (unpaired) electrons. The summed E-state index contributed by atoms with van der Waals surface area (Å²) in [5, 5.41) is 5.32. The molecule has 2 heterocycles. The summed E-state index contributed by atoms with van der Waals surface area (Å²) in [5.74, 6) is -2.06. The van der Waals surface area contributed by atoms with E-state index in [9.17, 15) is 24.0 Å². The third kappa shape index (κ3) is 3.35. The molecule has 0 spiro atoms. The van der Waals surface area contributed by atoms with Gasteiger partial charge in [-0.25, -0.2) is 0 Å². The van der Waals surface area contributed by atoms with E-state index in [0.717, 1.165) is 24.0 Å². The van der Waals surface area contributed by atoms with Crippen LogP contribution in [0.3, 0.4) is 0 Å². The number of piperidine rings is 1. The van der Waals surface area contributed by atoms with E-state index in [1.807, 2.05) is 0 Å². The first-order valence-electron chi connectivity index (χ1n) is 8.56. The van der Waals surface area contributed by atoms with Crippen molar-refractivity contribution in [2.75, 3.05) is 11.9 Å². The maximum Gasteiger partial charge on any atom is 0.262 e. The van der Waals surface area contributed by atoms with Crippen LogP contribution in [-0.2, 0) is 14.4 Å². The van der Waals surface area contributed by atoms with Crippen molar-refractivity contribution in [1.82, 2.24) is 10.2 Å². The fraction of sp³-hybridized carbons (Fsp3) is 0.389. The van der Waals surface area contributed by atoms with Gasteiger partial charge in [-0.05, 0) is 37.5 Å². The van der Waals surface area contributed by atoms with Crippen molar-refractivity contribution in [2.45, 2.75) is 38.1 Å². The van der Waals surface area contributed by atoms with Gasteiger partial charge in [0.1, 0.15) is 12.3 Å². The minimum absolute atomic E-state index is 0.0946. The molecule has 26 heavy (non-hydrogen) atoms. The van der Waals surface area contributed by atoms with Crippen LogP contribution < -0.4 is 10.6 Å². The van der Waals surface area contributed by atoms with E-state index in [1.54, 1.807) is 18.2 Å². The van der Waals surface area contributed by atoms with Crippen molar-refractivity contribution in [3.05, 3.63) is 29.3 Å². The minimum Gasteiger partial charge on any atom is -0.385 e. The summed E-state index contributed by atoms with van der Waals surface area (Å²) >= 11 is 0. The number of carbonyl (C=O) groups is 5. The smallest absolute Gasteiger partial charge is 0.262 e. The second-order valence-electron chi connectivity index (χ2n) is 6.30. The van der Waals surface area contributed by atoms with Crippen LogP contribution >= 0.6 is 0 Å². The van der Waals surface area contributed by atoms with E-state index in [2.05, 4.69) is 10.6 Å². The SMILES string of the molecule is O=CCCCCNc1ccc2c(c1)C(=O)N(C1CCC(=O)NC1=O)C2=O. The number of imide groups is 2. The molecule has 0 saturated carbocycles. The number of unbranched alkanes of at least 4 members (excludes halogenated alkanes) is 2. The van der Waals surface area contributed by atoms with Gasteiger partial charge in [-0.3, -0.25) is 29.4 Å². The Balaban J connectivity index is 1.72. The van der Waals surface area contributed by atoms with Gasteiger partial charge in [0.05, 0.1) is 11.1 Å². The second kappa shape index (κ2) is 7.47. The molecule has 4 amide bonds. The molecule has 1 fully saturated rings. The van der Waals surface area contributed by atoms with E-state index in [4.69, 9.17) is 0 Å². The summed E-state index contributed by atoms with van der Waals surface area (Å²) in [4.78, 5) is 59.8. The van der Waals surface area contributed by atoms with Crippen molar-refractivity contribution < 1.29 is 24.0 Å². The highest BCUT2D eigenvalue weighted by Crippen LogP contribution is 2.29. The van der Waals surface area contributed by atoms with Crippen molar-refractivity contribution in [3.63, 3.8) is 0 Å². The lowest BCUT2D eigenvalue weighted by Gasteiger charge is -2.27. The molecule has 0 bridgehead atoms. The standard InChI is InChI=1S/C18H19N3O5/c22-9-3-1-2-8-19-11-4-5-12-13(10-11)18(26)21(17(12)25)14-6-7-15(23)20-16(14)24/h4-5,9-10,14,19H,1-3,6-8H2,(H,20,23,24). The molecule has 8 heteroatoms.